The fourth-order valence-corrected chi connectivity index (χ4v) is 1.56. The van der Waals surface area contributed by atoms with Crippen LogP contribution in [0.5, 0.6) is 0 Å². The number of carbonyl (C=O) groups excluding carboxylic acids is 1. The summed E-state index contributed by atoms with van der Waals surface area (Å²) in [6.07, 6.45) is 5.23. The maximum absolute atomic E-state index is 11.8. The fraction of sp³-hybridized carbons (Fsp3) is 0.800. The molecule has 0 radical (unpaired) electrons. The van der Waals surface area contributed by atoms with E-state index in [2.05, 4.69) is 13.8 Å². The number of carboxylic acid groups (broad SMARTS) is 2. The topological polar surface area (TPSA) is 101 Å². The predicted octanol–water partition coefficient (Wildman–Crippen LogP) is 3.09. The van der Waals surface area contributed by atoms with Gasteiger partial charge in [-0.25, -0.2) is 9.59 Å². The zero-order valence-corrected chi connectivity index (χ0v) is 13.6. The molecule has 124 valence electrons. The van der Waals surface area contributed by atoms with E-state index in [-0.39, 0.29) is 17.5 Å². The van der Waals surface area contributed by atoms with Crippen LogP contribution in [0.4, 0.5) is 0 Å². The summed E-state index contributed by atoms with van der Waals surface area (Å²) in [6.45, 7) is 10.0. The van der Waals surface area contributed by atoms with Crippen LogP contribution >= 0.6 is 0 Å². The first kappa shape index (κ1) is 21.7. The van der Waals surface area contributed by atoms with Crippen LogP contribution in [0.2, 0.25) is 0 Å². The van der Waals surface area contributed by atoms with Crippen LogP contribution < -0.4 is 0 Å². The molecule has 0 amide bonds. The number of hydrogen-bond donors (Lipinski definition) is 2. The molecule has 0 aromatic heterocycles. The second-order valence-corrected chi connectivity index (χ2v) is 5.77. The van der Waals surface area contributed by atoms with Crippen molar-refractivity contribution >= 4 is 17.9 Å². The van der Waals surface area contributed by atoms with Crippen molar-refractivity contribution < 1.29 is 29.3 Å². The van der Waals surface area contributed by atoms with Crippen molar-refractivity contribution in [3.63, 3.8) is 0 Å². The van der Waals surface area contributed by atoms with Gasteiger partial charge in [-0.1, -0.05) is 33.1 Å². The second kappa shape index (κ2) is 11.1. The molecule has 0 rings (SSSR count). The van der Waals surface area contributed by atoms with Gasteiger partial charge in [-0.05, 0) is 33.6 Å². The molecular weight excluding hydrogens is 276 g/mol. The zero-order valence-electron chi connectivity index (χ0n) is 13.6. The quantitative estimate of drug-likeness (QED) is 0.577. The number of hydrogen-bond acceptors (Lipinski definition) is 4. The lowest BCUT2D eigenvalue weighted by Gasteiger charge is -2.23. The van der Waals surface area contributed by atoms with Crippen LogP contribution in [0, 0.1) is 5.92 Å². The number of unbranched alkanes of at least 4 members (excludes halogenated alkanes) is 1. The van der Waals surface area contributed by atoms with Crippen LogP contribution in [0.25, 0.3) is 0 Å². The largest absolute Gasteiger partial charge is 0.473 e. The molecule has 0 aromatic carbocycles. The number of carboxylic acids is 2. The standard InChI is InChI=1S/C13H26O2.C2H2O4/c1-6-8-10-11(9-7-2)12(14)15-13(3,4)5;3-1(4)2(5)6/h11H,6-10H2,1-5H3;(H,3,4)(H,5,6). The lowest BCUT2D eigenvalue weighted by atomic mass is 9.97. The van der Waals surface area contributed by atoms with Crippen molar-refractivity contribution in [2.75, 3.05) is 0 Å². The molecule has 0 saturated heterocycles. The van der Waals surface area contributed by atoms with Gasteiger partial charge >= 0.3 is 17.9 Å². The van der Waals surface area contributed by atoms with E-state index in [9.17, 15) is 4.79 Å². The summed E-state index contributed by atoms with van der Waals surface area (Å²) in [5.41, 5.74) is -0.352. The minimum absolute atomic E-state index is 0.0159. The zero-order chi connectivity index (χ0) is 17.1. The molecule has 6 nitrogen and oxygen atoms in total. The Kier molecular flexibility index (Phi) is 11.5. The van der Waals surface area contributed by atoms with Crippen molar-refractivity contribution in [2.24, 2.45) is 5.92 Å². The molecule has 0 heterocycles. The Morgan fingerprint density at radius 1 is 0.952 bits per heavy atom. The first-order valence-electron chi connectivity index (χ1n) is 7.24. The van der Waals surface area contributed by atoms with Gasteiger partial charge in [0.15, 0.2) is 0 Å². The summed E-state index contributed by atoms with van der Waals surface area (Å²) in [5, 5.41) is 14.8. The van der Waals surface area contributed by atoms with Crippen molar-refractivity contribution in [1.29, 1.82) is 0 Å². The molecule has 0 saturated carbocycles. The highest BCUT2D eigenvalue weighted by Gasteiger charge is 2.23. The minimum atomic E-state index is -1.82. The minimum Gasteiger partial charge on any atom is -0.473 e. The predicted molar refractivity (Wildman–Crippen MR) is 79.0 cm³/mol. The van der Waals surface area contributed by atoms with E-state index >= 15 is 0 Å². The van der Waals surface area contributed by atoms with Gasteiger partial charge in [0.25, 0.3) is 0 Å². The molecule has 2 N–H and O–H groups in total. The number of rotatable bonds is 6. The monoisotopic (exact) mass is 304 g/mol. The SMILES string of the molecule is CCCCC(CCC)C(=O)OC(C)(C)C.O=C(O)C(=O)O. The van der Waals surface area contributed by atoms with Gasteiger partial charge in [0.05, 0.1) is 5.92 Å². The Morgan fingerprint density at radius 2 is 1.43 bits per heavy atom. The molecule has 0 spiro atoms. The molecule has 0 bridgehead atoms. The highest BCUT2D eigenvalue weighted by atomic mass is 16.6. The summed E-state index contributed by atoms with van der Waals surface area (Å²) >= 11 is 0. The van der Waals surface area contributed by atoms with Crippen molar-refractivity contribution in [2.45, 2.75) is 72.3 Å². The Bertz CT molecular complexity index is 318. The normalized spacial score (nSPS) is 11.9. The lowest BCUT2D eigenvalue weighted by molar-refractivity contribution is -0.160. The third-order valence-electron chi connectivity index (χ3n) is 2.47. The van der Waals surface area contributed by atoms with E-state index in [4.69, 9.17) is 24.5 Å². The molecule has 1 atom stereocenters. The van der Waals surface area contributed by atoms with Crippen LogP contribution in [-0.4, -0.2) is 33.7 Å². The highest BCUT2D eigenvalue weighted by molar-refractivity contribution is 6.27. The third-order valence-corrected chi connectivity index (χ3v) is 2.47. The van der Waals surface area contributed by atoms with E-state index in [1.165, 1.54) is 0 Å². The second-order valence-electron chi connectivity index (χ2n) is 5.77. The summed E-state index contributed by atoms with van der Waals surface area (Å²) in [7, 11) is 0. The van der Waals surface area contributed by atoms with Gasteiger partial charge in [-0.2, -0.15) is 0 Å². The summed E-state index contributed by atoms with van der Waals surface area (Å²) < 4.78 is 5.41. The van der Waals surface area contributed by atoms with Gasteiger partial charge < -0.3 is 14.9 Å². The molecular formula is C15H28O6. The lowest BCUT2D eigenvalue weighted by Crippen LogP contribution is -2.28. The number of ether oxygens (including phenoxy) is 1. The molecule has 1 unspecified atom stereocenters. The number of esters is 1. The van der Waals surface area contributed by atoms with E-state index in [0.717, 1.165) is 32.1 Å². The molecule has 6 heteroatoms. The smallest absolute Gasteiger partial charge is 0.414 e. The van der Waals surface area contributed by atoms with E-state index in [0.29, 0.717) is 0 Å². The van der Waals surface area contributed by atoms with Crippen LogP contribution in [0.3, 0.4) is 0 Å². The summed E-state index contributed by atoms with van der Waals surface area (Å²) in [5.74, 6) is -3.56. The van der Waals surface area contributed by atoms with Gasteiger partial charge in [-0.3, -0.25) is 4.79 Å². The van der Waals surface area contributed by atoms with Crippen molar-refractivity contribution in [3.8, 4) is 0 Å². The van der Waals surface area contributed by atoms with Crippen LogP contribution in [0.15, 0.2) is 0 Å². The average Bonchev–Trinajstić information content (AvgIpc) is 2.32. The Hall–Kier alpha value is -1.59. The first-order chi connectivity index (χ1) is 9.55. The molecule has 21 heavy (non-hydrogen) atoms. The fourth-order valence-electron chi connectivity index (χ4n) is 1.56. The highest BCUT2D eigenvalue weighted by Crippen LogP contribution is 2.20. The molecule has 0 aliphatic carbocycles. The third kappa shape index (κ3) is 14.6. The Morgan fingerprint density at radius 3 is 1.71 bits per heavy atom. The van der Waals surface area contributed by atoms with Crippen molar-refractivity contribution in [3.05, 3.63) is 0 Å². The number of carbonyl (C=O) groups is 3. The van der Waals surface area contributed by atoms with Crippen LogP contribution in [-0.2, 0) is 19.1 Å². The van der Waals surface area contributed by atoms with Gasteiger partial charge in [-0.15, -0.1) is 0 Å². The first-order valence-corrected chi connectivity index (χ1v) is 7.24. The average molecular weight is 304 g/mol. The van der Waals surface area contributed by atoms with E-state index in [1.54, 1.807) is 0 Å². The maximum atomic E-state index is 11.8. The molecule has 0 aliphatic rings. The Labute approximate surface area is 126 Å². The van der Waals surface area contributed by atoms with Gasteiger partial charge in [0.1, 0.15) is 5.60 Å². The van der Waals surface area contributed by atoms with Crippen molar-refractivity contribution in [1.82, 2.24) is 0 Å². The maximum Gasteiger partial charge on any atom is 0.414 e. The van der Waals surface area contributed by atoms with E-state index < -0.39 is 11.9 Å². The molecule has 0 aromatic rings. The molecule has 0 fully saturated rings. The van der Waals surface area contributed by atoms with E-state index in [1.807, 2.05) is 20.8 Å². The Balaban J connectivity index is 0. The summed E-state index contributed by atoms with van der Waals surface area (Å²) in [6, 6.07) is 0. The van der Waals surface area contributed by atoms with Crippen LogP contribution in [0.1, 0.15) is 66.7 Å². The van der Waals surface area contributed by atoms with Gasteiger partial charge in [0, 0.05) is 0 Å². The molecule has 0 aliphatic heterocycles. The van der Waals surface area contributed by atoms with Gasteiger partial charge in [0.2, 0.25) is 0 Å². The summed E-state index contributed by atoms with van der Waals surface area (Å²) in [4.78, 5) is 30.0. The number of aliphatic carboxylic acids is 2.